The normalized spacial score (nSPS) is 20.6. The van der Waals surface area contributed by atoms with Gasteiger partial charge in [-0.05, 0) is 30.9 Å². The lowest BCUT2D eigenvalue weighted by Gasteiger charge is -2.19. The minimum absolute atomic E-state index is 0.632. The third-order valence-corrected chi connectivity index (χ3v) is 4.59. The van der Waals surface area contributed by atoms with Crippen LogP contribution in [0.25, 0.3) is 0 Å². The van der Waals surface area contributed by atoms with Crippen molar-refractivity contribution in [2.75, 3.05) is 12.3 Å². The Bertz CT molecular complexity index is 362. The highest BCUT2D eigenvalue weighted by Crippen LogP contribution is 2.38. The van der Waals surface area contributed by atoms with Gasteiger partial charge in [-0.3, -0.25) is 0 Å². The third kappa shape index (κ3) is 3.49. The maximum Gasteiger partial charge on any atom is 0.0108 e. The minimum Gasteiger partial charge on any atom is -0.314 e. The van der Waals surface area contributed by atoms with Gasteiger partial charge in [0, 0.05) is 29.2 Å². The average Bonchev–Trinajstić information content (AvgIpc) is 2.69. The van der Waals surface area contributed by atoms with E-state index in [0.29, 0.717) is 12.0 Å². The highest BCUT2D eigenvalue weighted by Gasteiger charge is 2.22. The number of nitrogens with one attached hydrogen (secondary N) is 1. The summed E-state index contributed by atoms with van der Waals surface area (Å²) in [5.41, 5.74) is 1.54. The molecule has 0 saturated carbocycles. The fourth-order valence-electron chi connectivity index (χ4n) is 2.53. The minimum atomic E-state index is 0.632. The van der Waals surface area contributed by atoms with Gasteiger partial charge < -0.3 is 5.32 Å². The largest absolute Gasteiger partial charge is 0.314 e. The van der Waals surface area contributed by atoms with Crippen molar-refractivity contribution in [2.24, 2.45) is 5.92 Å². The Balaban J connectivity index is 1.85. The number of rotatable bonds is 5. The molecule has 2 heteroatoms. The van der Waals surface area contributed by atoms with Crippen LogP contribution < -0.4 is 5.32 Å². The molecule has 1 aromatic carbocycles. The quantitative estimate of drug-likeness (QED) is 0.849. The summed E-state index contributed by atoms with van der Waals surface area (Å²) in [4.78, 5) is 1.48. The monoisotopic (exact) mass is 249 g/mol. The van der Waals surface area contributed by atoms with Gasteiger partial charge in [-0.2, -0.15) is 0 Å². The van der Waals surface area contributed by atoms with Crippen LogP contribution in [-0.4, -0.2) is 18.3 Å². The van der Waals surface area contributed by atoms with Crippen LogP contribution >= 0.6 is 11.8 Å². The molecular weight excluding hydrogens is 226 g/mol. The van der Waals surface area contributed by atoms with Crippen molar-refractivity contribution >= 4 is 11.8 Å². The summed E-state index contributed by atoms with van der Waals surface area (Å²) in [6.45, 7) is 8.00. The first-order valence-corrected chi connectivity index (χ1v) is 7.60. The second-order valence-electron chi connectivity index (χ2n) is 5.48. The van der Waals surface area contributed by atoms with Crippen LogP contribution in [0, 0.1) is 5.92 Å². The molecule has 1 aromatic rings. The molecule has 94 valence electrons. The molecule has 1 heterocycles. The maximum absolute atomic E-state index is 3.68. The maximum atomic E-state index is 3.68. The van der Waals surface area contributed by atoms with E-state index in [1.54, 1.807) is 5.56 Å². The second kappa shape index (κ2) is 5.92. The smallest absolute Gasteiger partial charge is 0.0108 e. The molecule has 1 aliphatic rings. The molecular formula is C15H23NS. The van der Waals surface area contributed by atoms with Crippen molar-refractivity contribution in [1.29, 1.82) is 0 Å². The van der Waals surface area contributed by atoms with Crippen molar-refractivity contribution in [3.63, 3.8) is 0 Å². The zero-order valence-electron chi connectivity index (χ0n) is 11.1. The summed E-state index contributed by atoms with van der Waals surface area (Å²) in [5, 5.41) is 3.68. The SMILES string of the molecule is CC(C)CC(C)NCC1CSc2ccccc21. The molecule has 0 saturated heterocycles. The molecule has 0 radical (unpaired) electrons. The molecule has 0 aliphatic carbocycles. The van der Waals surface area contributed by atoms with Gasteiger partial charge in [0.15, 0.2) is 0 Å². The van der Waals surface area contributed by atoms with E-state index in [1.165, 1.54) is 17.1 Å². The molecule has 2 unspecified atom stereocenters. The van der Waals surface area contributed by atoms with Gasteiger partial charge in [-0.25, -0.2) is 0 Å². The third-order valence-electron chi connectivity index (χ3n) is 3.34. The van der Waals surface area contributed by atoms with Crippen molar-refractivity contribution in [3.8, 4) is 0 Å². The van der Waals surface area contributed by atoms with Crippen LogP contribution in [0.4, 0.5) is 0 Å². The van der Waals surface area contributed by atoms with Crippen molar-refractivity contribution in [1.82, 2.24) is 5.32 Å². The topological polar surface area (TPSA) is 12.0 Å². The van der Waals surface area contributed by atoms with Gasteiger partial charge in [0.05, 0.1) is 0 Å². The fraction of sp³-hybridized carbons (Fsp3) is 0.600. The van der Waals surface area contributed by atoms with E-state index >= 15 is 0 Å². The van der Waals surface area contributed by atoms with Crippen LogP contribution in [0.15, 0.2) is 29.2 Å². The highest BCUT2D eigenvalue weighted by molar-refractivity contribution is 7.99. The summed E-state index contributed by atoms with van der Waals surface area (Å²) in [6, 6.07) is 9.47. The van der Waals surface area contributed by atoms with Gasteiger partial charge in [0.25, 0.3) is 0 Å². The van der Waals surface area contributed by atoms with E-state index in [4.69, 9.17) is 0 Å². The standard InChI is InChI=1S/C15H23NS/c1-11(2)8-12(3)16-9-13-10-17-15-7-5-4-6-14(13)15/h4-7,11-13,16H,8-10H2,1-3H3. The number of benzene rings is 1. The molecule has 0 fully saturated rings. The van der Waals surface area contributed by atoms with Gasteiger partial charge >= 0.3 is 0 Å². The van der Waals surface area contributed by atoms with E-state index in [0.717, 1.165) is 12.5 Å². The van der Waals surface area contributed by atoms with Crippen LogP contribution in [-0.2, 0) is 0 Å². The fourth-order valence-corrected chi connectivity index (χ4v) is 3.79. The van der Waals surface area contributed by atoms with Gasteiger partial charge in [-0.1, -0.05) is 32.0 Å². The number of hydrogen-bond donors (Lipinski definition) is 1. The van der Waals surface area contributed by atoms with Crippen molar-refractivity contribution < 1.29 is 0 Å². The summed E-state index contributed by atoms with van der Waals surface area (Å²) in [7, 11) is 0. The Hall–Kier alpha value is -0.470. The van der Waals surface area contributed by atoms with Gasteiger partial charge in [-0.15, -0.1) is 11.8 Å². The Morgan fingerprint density at radius 2 is 2.06 bits per heavy atom. The Labute approximate surface area is 109 Å². The lowest BCUT2D eigenvalue weighted by atomic mass is 10.00. The van der Waals surface area contributed by atoms with Crippen LogP contribution in [0.5, 0.6) is 0 Å². The van der Waals surface area contributed by atoms with Crippen molar-refractivity contribution in [3.05, 3.63) is 29.8 Å². The van der Waals surface area contributed by atoms with E-state index in [9.17, 15) is 0 Å². The second-order valence-corrected chi connectivity index (χ2v) is 6.55. The Morgan fingerprint density at radius 1 is 1.29 bits per heavy atom. The molecule has 0 aromatic heterocycles. The zero-order chi connectivity index (χ0) is 12.3. The molecule has 1 aliphatic heterocycles. The molecule has 2 rings (SSSR count). The van der Waals surface area contributed by atoms with E-state index in [1.807, 2.05) is 11.8 Å². The summed E-state index contributed by atoms with van der Waals surface area (Å²) >= 11 is 2.00. The summed E-state index contributed by atoms with van der Waals surface area (Å²) in [6.07, 6.45) is 1.27. The van der Waals surface area contributed by atoms with E-state index < -0.39 is 0 Å². The zero-order valence-corrected chi connectivity index (χ0v) is 11.9. The van der Waals surface area contributed by atoms with E-state index in [2.05, 4.69) is 50.4 Å². The van der Waals surface area contributed by atoms with Gasteiger partial charge in [0.2, 0.25) is 0 Å². The van der Waals surface area contributed by atoms with Crippen LogP contribution in [0.3, 0.4) is 0 Å². The average molecular weight is 249 g/mol. The first-order valence-electron chi connectivity index (χ1n) is 6.62. The number of hydrogen-bond acceptors (Lipinski definition) is 2. The first-order chi connectivity index (χ1) is 8.16. The highest BCUT2D eigenvalue weighted by atomic mass is 32.2. The summed E-state index contributed by atoms with van der Waals surface area (Å²) < 4.78 is 0. The Kier molecular flexibility index (Phi) is 4.52. The number of fused-ring (bicyclic) bond motifs is 1. The van der Waals surface area contributed by atoms with Gasteiger partial charge in [0.1, 0.15) is 0 Å². The lowest BCUT2D eigenvalue weighted by molar-refractivity contribution is 0.433. The summed E-state index contributed by atoms with van der Waals surface area (Å²) in [5.74, 6) is 2.72. The van der Waals surface area contributed by atoms with Crippen LogP contribution in [0.2, 0.25) is 0 Å². The lowest BCUT2D eigenvalue weighted by Crippen LogP contribution is -2.31. The van der Waals surface area contributed by atoms with Crippen molar-refractivity contribution in [2.45, 2.75) is 44.0 Å². The Morgan fingerprint density at radius 3 is 2.82 bits per heavy atom. The predicted molar refractivity (Wildman–Crippen MR) is 76.8 cm³/mol. The molecule has 0 spiro atoms. The van der Waals surface area contributed by atoms with E-state index in [-0.39, 0.29) is 0 Å². The molecule has 0 bridgehead atoms. The molecule has 1 N–H and O–H groups in total. The molecule has 2 atom stereocenters. The molecule has 17 heavy (non-hydrogen) atoms. The molecule has 1 nitrogen and oxygen atoms in total. The first kappa shape index (κ1) is 13.0. The predicted octanol–water partition coefficient (Wildman–Crippen LogP) is 3.90. The molecule has 0 amide bonds. The number of thioether (sulfide) groups is 1. The van der Waals surface area contributed by atoms with Crippen LogP contribution in [0.1, 0.15) is 38.7 Å².